The van der Waals surface area contributed by atoms with Gasteiger partial charge < -0.3 is 24.7 Å². The van der Waals surface area contributed by atoms with Crippen molar-refractivity contribution in [2.75, 3.05) is 33.9 Å². The van der Waals surface area contributed by atoms with Crippen molar-refractivity contribution in [2.45, 2.75) is 13.3 Å². The Morgan fingerprint density at radius 3 is 2.58 bits per heavy atom. The Morgan fingerprint density at radius 2 is 1.88 bits per heavy atom. The van der Waals surface area contributed by atoms with E-state index in [1.165, 1.54) is 0 Å². The van der Waals surface area contributed by atoms with Crippen molar-refractivity contribution in [1.29, 1.82) is 0 Å². The van der Waals surface area contributed by atoms with Crippen LogP contribution in [0.15, 0.2) is 47.6 Å². The average molecular weight is 359 g/mol. The number of hydrogen-bond acceptors (Lipinski definition) is 5. The molecule has 0 saturated carbocycles. The average Bonchev–Trinajstić information content (AvgIpc) is 2.67. The lowest BCUT2D eigenvalue weighted by atomic mass is 10.1. The number of ether oxygens (including phenoxy) is 3. The van der Waals surface area contributed by atoms with Crippen LogP contribution in [0.4, 0.5) is 0 Å². The second-order valence-corrected chi connectivity index (χ2v) is 5.99. The summed E-state index contributed by atoms with van der Waals surface area (Å²) in [7, 11) is 3.26. The Hall–Kier alpha value is -2.73. The van der Waals surface area contributed by atoms with Crippen LogP contribution >= 0.6 is 0 Å². The van der Waals surface area contributed by atoms with Crippen LogP contribution < -0.4 is 19.5 Å². The third-order valence-electron chi connectivity index (χ3n) is 4.00. The van der Waals surface area contributed by atoms with Crippen LogP contribution in [0.3, 0.4) is 0 Å². The zero-order valence-electron chi connectivity index (χ0n) is 15.6. The summed E-state index contributed by atoms with van der Waals surface area (Å²) in [4.78, 5) is 0. The molecule has 0 amide bonds. The van der Waals surface area contributed by atoms with Gasteiger partial charge in [0.05, 0.1) is 20.8 Å². The van der Waals surface area contributed by atoms with Gasteiger partial charge in [-0.05, 0) is 42.3 Å². The molecule has 0 fully saturated rings. The van der Waals surface area contributed by atoms with E-state index in [9.17, 15) is 0 Å². The topological polar surface area (TPSA) is 76.9 Å². The number of nitrogens with zero attached hydrogens (tertiary/aromatic N) is 1. The molecule has 2 aromatic rings. The summed E-state index contributed by atoms with van der Waals surface area (Å²) in [5, 5.41) is 14.6. The maximum absolute atomic E-state index is 9.16. The van der Waals surface area contributed by atoms with Crippen molar-refractivity contribution in [3.63, 3.8) is 0 Å². The molecule has 6 heteroatoms. The molecule has 0 saturated heterocycles. The lowest BCUT2D eigenvalue weighted by molar-refractivity contribution is -0.641. The number of methoxy groups -OCH3 is 2. The number of hydrogen-bond donors (Lipinski definition) is 2. The molecule has 0 atom stereocenters. The fourth-order valence-electron chi connectivity index (χ4n) is 2.57. The van der Waals surface area contributed by atoms with E-state index in [1.54, 1.807) is 14.2 Å². The van der Waals surface area contributed by atoms with E-state index in [4.69, 9.17) is 19.4 Å². The highest BCUT2D eigenvalue weighted by atomic mass is 16.5. The largest absolute Gasteiger partial charge is 0.493 e. The summed E-state index contributed by atoms with van der Waals surface area (Å²) >= 11 is 0. The maximum Gasteiger partial charge on any atom is 0.160 e. The molecule has 0 heterocycles. The van der Waals surface area contributed by atoms with Gasteiger partial charge in [-0.3, -0.25) is 0 Å². The zero-order valence-corrected chi connectivity index (χ0v) is 15.6. The first kappa shape index (κ1) is 19.6. The molecule has 0 unspecified atom stereocenters. The van der Waals surface area contributed by atoms with Crippen molar-refractivity contribution in [3.8, 4) is 17.2 Å². The van der Waals surface area contributed by atoms with Crippen LogP contribution in [0.2, 0.25) is 0 Å². The van der Waals surface area contributed by atoms with E-state index in [0.717, 1.165) is 41.3 Å². The van der Waals surface area contributed by atoms with E-state index in [2.05, 4.69) is 10.5 Å². The first-order valence-corrected chi connectivity index (χ1v) is 8.58. The van der Waals surface area contributed by atoms with Crippen LogP contribution in [0.25, 0.3) is 0 Å². The molecule has 0 radical (unpaired) electrons. The molecule has 2 aromatic carbocycles. The Kier molecular flexibility index (Phi) is 7.76. The molecule has 0 aliphatic carbocycles. The molecule has 0 bridgehead atoms. The summed E-state index contributed by atoms with van der Waals surface area (Å²) < 4.78 is 16.2. The molecular formula is C20H27N2O4+. The van der Waals surface area contributed by atoms with Gasteiger partial charge in [-0.1, -0.05) is 23.4 Å². The standard InChI is InChI=1S/C20H26N2O4/c1-15-5-4-6-18(11-15)26-14-17(22-23)13-21-10-9-16-7-8-19(24-2)20(12-16)25-3/h4-8,11-12,21,23H,9-10,13-14H2,1-3H3/p+1/b22-17-. The first-order valence-electron chi connectivity index (χ1n) is 8.58. The zero-order chi connectivity index (χ0) is 18.8. The summed E-state index contributed by atoms with van der Waals surface area (Å²) in [6.07, 6.45) is 0.873. The number of oxime groups is 1. The van der Waals surface area contributed by atoms with Gasteiger partial charge >= 0.3 is 0 Å². The van der Waals surface area contributed by atoms with E-state index < -0.39 is 0 Å². The lowest BCUT2D eigenvalue weighted by Crippen LogP contribution is -2.86. The molecule has 6 nitrogen and oxygen atoms in total. The lowest BCUT2D eigenvalue weighted by Gasteiger charge is -2.10. The number of quaternary nitrogens is 1. The van der Waals surface area contributed by atoms with Crippen molar-refractivity contribution in [1.82, 2.24) is 0 Å². The Labute approximate surface area is 154 Å². The van der Waals surface area contributed by atoms with Gasteiger partial charge in [-0.15, -0.1) is 0 Å². The highest BCUT2D eigenvalue weighted by Crippen LogP contribution is 2.27. The molecule has 0 spiro atoms. The summed E-state index contributed by atoms with van der Waals surface area (Å²) in [5.41, 5.74) is 2.89. The number of rotatable bonds is 10. The number of nitrogens with two attached hydrogens (primary N) is 1. The highest BCUT2D eigenvalue weighted by Gasteiger charge is 2.07. The third-order valence-corrected chi connectivity index (χ3v) is 4.00. The van der Waals surface area contributed by atoms with Gasteiger partial charge in [0.25, 0.3) is 0 Å². The minimum absolute atomic E-state index is 0.271. The second kappa shape index (κ2) is 10.3. The van der Waals surface area contributed by atoms with Crippen LogP contribution in [0, 0.1) is 6.92 Å². The summed E-state index contributed by atoms with van der Waals surface area (Å²) in [5.74, 6) is 2.23. The quantitative estimate of drug-likeness (QED) is 0.295. The van der Waals surface area contributed by atoms with E-state index >= 15 is 0 Å². The molecule has 0 aliphatic heterocycles. The molecule has 0 aromatic heterocycles. The Morgan fingerprint density at radius 1 is 1.08 bits per heavy atom. The van der Waals surface area contributed by atoms with E-state index in [1.807, 2.05) is 49.4 Å². The number of benzene rings is 2. The van der Waals surface area contributed by atoms with Crippen molar-refractivity contribution < 1.29 is 24.7 Å². The highest BCUT2D eigenvalue weighted by molar-refractivity contribution is 5.86. The van der Waals surface area contributed by atoms with E-state index in [-0.39, 0.29) is 6.61 Å². The minimum atomic E-state index is 0.271. The third kappa shape index (κ3) is 5.97. The minimum Gasteiger partial charge on any atom is -0.493 e. The summed E-state index contributed by atoms with van der Waals surface area (Å²) in [6, 6.07) is 13.7. The van der Waals surface area contributed by atoms with Gasteiger partial charge in [0.2, 0.25) is 0 Å². The molecule has 26 heavy (non-hydrogen) atoms. The van der Waals surface area contributed by atoms with Gasteiger partial charge in [-0.25, -0.2) is 0 Å². The van der Waals surface area contributed by atoms with Gasteiger partial charge in [0, 0.05) is 6.42 Å². The Bertz CT molecular complexity index is 732. The van der Waals surface area contributed by atoms with Gasteiger partial charge in [0.1, 0.15) is 24.6 Å². The van der Waals surface area contributed by atoms with Crippen molar-refractivity contribution >= 4 is 5.71 Å². The normalized spacial score (nSPS) is 11.3. The molecular weight excluding hydrogens is 332 g/mol. The predicted molar refractivity (Wildman–Crippen MR) is 101 cm³/mol. The smallest absolute Gasteiger partial charge is 0.160 e. The first-order chi connectivity index (χ1) is 12.7. The van der Waals surface area contributed by atoms with E-state index in [0.29, 0.717) is 12.3 Å². The van der Waals surface area contributed by atoms with Gasteiger partial charge in [0.15, 0.2) is 11.5 Å². The van der Waals surface area contributed by atoms with Crippen LogP contribution in [0.5, 0.6) is 17.2 Å². The molecule has 2 rings (SSSR count). The van der Waals surface area contributed by atoms with Crippen LogP contribution in [-0.4, -0.2) is 44.8 Å². The molecule has 3 N–H and O–H groups in total. The monoisotopic (exact) mass is 359 g/mol. The fraction of sp³-hybridized carbons (Fsp3) is 0.350. The van der Waals surface area contributed by atoms with Crippen LogP contribution in [0.1, 0.15) is 11.1 Å². The number of aryl methyl sites for hydroxylation is 1. The fourth-order valence-corrected chi connectivity index (χ4v) is 2.57. The van der Waals surface area contributed by atoms with Gasteiger partial charge in [-0.2, -0.15) is 0 Å². The van der Waals surface area contributed by atoms with Crippen molar-refractivity contribution in [2.24, 2.45) is 5.16 Å². The molecule has 140 valence electrons. The maximum atomic E-state index is 9.16. The van der Waals surface area contributed by atoms with Crippen molar-refractivity contribution in [3.05, 3.63) is 53.6 Å². The Balaban J connectivity index is 1.75. The predicted octanol–water partition coefficient (Wildman–Crippen LogP) is 2.03. The molecule has 0 aliphatic rings. The van der Waals surface area contributed by atoms with Crippen LogP contribution in [-0.2, 0) is 6.42 Å². The SMILES string of the molecule is COc1ccc(CC[NH2+]C/C(COc2cccc(C)c2)=N/O)cc1OC. The second-order valence-electron chi connectivity index (χ2n) is 5.99. The summed E-state index contributed by atoms with van der Waals surface area (Å²) in [6.45, 7) is 3.72.